The lowest BCUT2D eigenvalue weighted by molar-refractivity contribution is 0.115. The molecule has 8 heteroatoms. The van der Waals surface area contributed by atoms with Gasteiger partial charge in [0.15, 0.2) is 0 Å². The normalized spacial score (nSPS) is 21.6. The van der Waals surface area contributed by atoms with Gasteiger partial charge in [0.05, 0.1) is 18.8 Å². The fraction of sp³-hybridized carbons (Fsp3) is 0.700. The topological polar surface area (TPSA) is 64.4 Å². The second-order valence-corrected chi connectivity index (χ2v) is 6.45. The molecule has 0 radical (unpaired) electrons. The molecule has 0 N–H and O–H groups in total. The summed E-state index contributed by atoms with van der Waals surface area (Å²) in [6.07, 6.45) is 3.59. The van der Waals surface area contributed by atoms with E-state index in [0.717, 1.165) is 6.42 Å². The van der Waals surface area contributed by atoms with E-state index >= 15 is 0 Å². The van der Waals surface area contributed by atoms with Gasteiger partial charge in [-0.1, -0.05) is 0 Å². The Morgan fingerprint density at radius 3 is 3.00 bits per heavy atom. The van der Waals surface area contributed by atoms with Crippen LogP contribution in [0.15, 0.2) is 17.3 Å². The van der Waals surface area contributed by atoms with Gasteiger partial charge in [-0.25, -0.2) is 8.42 Å². The molecule has 1 unspecified atom stereocenters. The van der Waals surface area contributed by atoms with Crippen molar-refractivity contribution in [3.05, 3.63) is 12.4 Å². The van der Waals surface area contributed by atoms with Crippen molar-refractivity contribution in [2.75, 3.05) is 26.1 Å². The summed E-state index contributed by atoms with van der Waals surface area (Å²) in [6, 6.07) is 0. The molecule has 102 valence electrons. The van der Waals surface area contributed by atoms with Crippen LogP contribution in [-0.4, -0.2) is 54.7 Å². The van der Waals surface area contributed by atoms with Crippen LogP contribution in [-0.2, 0) is 21.3 Å². The van der Waals surface area contributed by atoms with Gasteiger partial charge in [0.25, 0.3) is 0 Å². The van der Waals surface area contributed by atoms with Crippen LogP contribution in [0, 0.1) is 0 Å². The van der Waals surface area contributed by atoms with Crippen molar-refractivity contribution in [3.63, 3.8) is 0 Å². The molecule has 18 heavy (non-hydrogen) atoms. The minimum atomic E-state index is -3.45. The van der Waals surface area contributed by atoms with E-state index in [0.29, 0.717) is 25.5 Å². The Balaban J connectivity index is 2.15. The van der Waals surface area contributed by atoms with Crippen molar-refractivity contribution < 1.29 is 13.2 Å². The summed E-state index contributed by atoms with van der Waals surface area (Å²) in [5.41, 5.74) is 0. The number of aromatic nitrogens is 2. The summed E-state index contributed by atoms with van der Waals surface area (Å²) in [4.78, 5) is 0.212. The van der Waals surface area contributed by atoms with Crippen molar-refractivity contribution in [2.45, 2.75) is 24.0 Å². The standard InChI is InChI=1S/C10H16ClN3O3S/c1-17-9-2-4-14(7-9)18(15,16)10-6-12-13(8-10)5-3-11/h6,8-9H,2-5,7H2,1H3. The van der Waals surface area contributed by atoms with E-state index in [-0.39, 0.29) is 11.0 Å². The predicted octanol–water partition coefficient (Wildman–Crippen LogP) is 0.531. The third-order valence-electron chi connectivity index (χ3n) is 3.00. The van der Waals surface area contributed by atoms with E-state index in [1.54, 1.807) is 7.11 Å². The Kier molecular flexibility index (Phi) is 4.26. The van der Waals surface area contributed by atoms with Gasteiger partial charge < -0.3 is 4.74 Å². The third kappa shape index (κ3) is 2.69. The average molecular weight is 294 g/mol. The van der Waals surface area contributed by atoms with Crippen molar-refractivity contribution in [1.82, 2.24) is 14.1 Å². The molecule has 0 aliphatic carbocycles. The Morgan fingerprint density at radius 2 is 2.39 bits per heavy atom. The molecule has 2 rings (SSSR count). The Labute approximate surface area is 112 Å². The Bertz CT molecular complexity index is 502. The number of methoxy groups -OCH3 is 1. The first-order valence-corrected chi connectivity index (χ1v) is 7.66. The molecule has 0 amide bonds. The summed E-state index contributed by atoms with van der Waals surface area (Å²) in [7, 11) is -1.86. The highest BCUT2D eigenvalue weighted by atomic mass is 35.5. The van der Waals surface area contributed by atoms with Crippen molar-refractivity contribution in [2.24, 2.45) is 0 Å². The molecule has 0 bridgehead atoms. The van der Waals surface area contributed by atoms with Gasteiger partial charge in [-0.15, -0.1) is 11.6 Å². The molecule has 1 fully saturated rings. The largest absolute Gasteiger partial charge is 0.380 e. The minimum Gasteiger partial charge on any atom is -0.380 e. The quantitative estimate of drug-likeness (QED) is 0.743. The molecule has 2 heterocycles. The molecule has 1 saturated heterocycles. The van der Waals surface area contributed by atoms with E-state index in [1.807, 2.05) is 0 Å². The first-order valence-electron chi connectivity index (χ1n) is 5.69. The highest BCUT2D eigenvalue weighted by Crippen LogP contribution is 2.21. The molecular formula is C10H16ClN3O3S. The lowest BCUT2D eigenvalue weighted by Crippen LogP contribution is -2.29. The first kappa shape index (κ1) is 13.8. The van der Waals surface area contributed by atoms with E-state index in [1.165, 1.54) is 21.4 Å². The molecule has 1 aliphatic rings. The zero-order chi connectivity index (χ0) is 13.2. The molecule has 1 aromatic heterocycles. The van der Waals surface area contributed by atoms with Gasteiger partial charge in [-0.05, 0) is 6.42 Å². The van der Waals surface area contributed by atoms with Crippen molar-refractivity contribution in [3.8, 4) is 0 Å². The van der Waals surface area contributed by atoms with E-state index in [9.17, 15) is 8.42 Å². The predicted molar refractivity (Wildman–Crippen MR) is 67.1 cm³/mol. The number of halogens is 1. The Hall–Kier alpha value is -0.630. The maximum absolute atomic E-state index is 12.3. The maximum atomic E-state index is 12.3. The monoisotopic (exact) mass is 293 g/mol. The van der Waals surface area contributed by atoms with E-state index in [4.69, 9.17) is 16.3 Å². The summed E-state index contributed by atoms with van der Waals surface area (Å²) in [5, 5.41) is 3.98. The van der Waals surface area contributed by atoms with Crippen LogP contribution < -0.4 is 0 Å². The number of hydrogen-bond donors (Lipinski definition) is 0. The molecule has 1 atom stereocenters. The van der Waals surface area contributed by atoms with Crippen LogP contribution in [0.4, 0.5) is 0 Å². The summed E-state index contributed by atoms with van der Waals surface area (Å²) in [6.45, 7) is 1.39. The summed E-state index contributed by atoms with van der Waals surface area (Å²) >= 11 is 5.59. The highest BCUT2D eigenvalue weighted by Gasteiger charge is 2.33. The number of sulfonamides is 1. The van der Waals surface area contributed by atoms with Crippen molar-refractivity contribution >= 4 is 21.6 Å². The SMILES string of the molecule is COC1CCN(S(=O)(=O)c2cnn(CCCl)c2)C1. The second-order valence-electron chi connectivity index (χ2n) is 4.14. The van der Waals surface area contributed by atoms with E-state index < -0.39 is 10.0 Å². The molecule has 0 saturated carbocycles. The van der Waals surface area contributed by atoms with Crippen LogP contribution in [0.2, 0.25) is 0 Å². The number of ether oxygens (including phenoxy) is 1. The van der Waals surface area contributed by atoms with Crippen molar-refractivity contribution in [1.29, 1.82) is 0 Å². The van der Waals surface area contributed by atoms with Gasteiger partial charge in [0.1, 0.15) is 4.90 Å². The van der Waals surface area contributed by atoms with Gasteiger partial charge in [-0.3, -0.25) is 4.68 Å². The number of alkyl halides is 1. The number of rotatable bonds is 5. The highest BCUT2D eigenvalue weighted by molar-refractivity contribution is 7.89. The summed E-state index contributed by atoms with van der Waals surface area (Å²) < 4.78 is 32.7. The maximum Gasteiger partial charge on any atom is 0.246 e. The number of nitrogens with zero attached hydrogens (tertiary/aromatic N) is 3. The molecule has 0 spiro atoms. The lowest BCUT2D eigenvalue weighted by atomic mass is 10.3. The molecular weight excluding hydrogens is 278 g/mol. The lowest BCUT2D eigenvalue weighted by Gasteiger charge is -2.14. The second kappa shape index (κ2) is 5.56. The van der Waals surface area contributed by atoms with Gasteiger partial charge in [-0.2, -0.15) is 9.40 Å². The van der Waals surface area contributed by atoms with Crippen LogP contribution in [0.25, 0.3) is 0 Å². The van der Waals surface area contributed by atoms with Crippen LogP contribution in [0.3, 0.4) is 0 Å². The Morgan fingerprint density at radius 1 is 1.61 bits per heavy atom. The molecule has 6 nitrogen and oxygen atoms in total. The summed E-state index contributed by atoms with van der Waals surface area (Å²) in [5.74, 6) is 0.399. The fourth-order valence-electron chi connectivity index (χ4n) is 1.94. The molecule has 1 aromatic rings. The third-order valence-corrected chi connectivity index (χ3v) is 4.99. The van der Waals surface area contributed by atoms with Crippen LogP contribution in [0.5, 0.6) is 0 Å². The van der Waals surface area contributed by atoms with Gasteiger partial charge >= 0.3 is 0 Å². The van der Waals surface area contributed by atoms with E-state index in [2.05, 4.69) is 5.10 Å². The first-order chi connectivity index (χ1) is 8.57. The van der Waals surface area contributed by atoms with Gasteiger partial charge in [0, 0.05) is 32.3 Å². The van der Waals surface area contributed by atoms with Crippen LogP contribution in [0.1, 0.15) is 6.42 Å². The zero-order valence-electron chi connectivity index (χ0n) is 10.1. The zero-order valence-corrected chi connectivity index (χ0v) is 11.7. The number of aryl methyl sites for hydroxylation is 1. The van der Waals surface area contributed by atoms with Gasteiger partial charge in [0.2, 0.25) is 10.0 Å². The smallest absolute Gasteiger partial charge is 0.246 e. The molecule has 0 aromatic carbocycles. The average Bonchev–Trinajstić information content (AvgIpc) is 2.98. The fourth-order valence-corrected chi connectivity index (χ4v) is 3.56. The minimum absolute atomic E-state index is 0.0161. The van der Waals surface area contributed by atoms with Crippen LogP contribution >= 0.6 is 11.6 Å². The molecule has 1 aliphatic heterocycles. The number of hydrogen-bond acceptors (Lipinski definition) is 4.